The number of ether oxygens (including phenoxy) is 4. The molecule has 312 valence electrons. The summed E-state index contributed by atoms with van der Waals surface area (Å²) in [6.45, 7) is 3.41. The molecule has 0 aliphatic carbocycles. The van der Waals surface area contributed by atoms with Gasteiger partial charge in [-0.1, -0.05) is 154 Å². The van der Waals surface area contributed by atoms with Gasteiger partial charge in [-0.25, -0.2) is 0 Å². The smallest absolute Gasteiger partial charge is 0.306 e. The minimum absolute atomic E-state index is 0.215. The fourth-order valence-corrected chi connectivity index (χ4v) is 6.65. The van der Waals surface area contributed by atoms with Crippen LogP contribution in [0.4, 0.5) is 0 Å². The van der Waals surface area contributed by atoms with Crippen molar-refractivity contribution in [3.63, 3.8) is 0 Å². The largest absolute Gasteiger partial charge is 0.462 e. The molecule has 6 atom stereocenters. The van der Waals surface area contributed by atoms with Gasteiger partial charge in [-0.2, -0.15) is 0 Å². The van der Waals surface area contributed by atoms with E-state index in [0.29, 0.717) is 6.42 Å². The molecule has 0 aromatic heterocycles. The molecule has 1 saturated heterocycles. The van der Waals surface area contributed by atoms with Crippen molar-refractivity contribution in [3.05, 3.63) is 12.2 Å². The summed E-state index contributed by atoms with van der Waals surface area (Å²) in [5.74, 6) is -0.808. The van der Waals surface area contributed by atoms with Crippen LogP contribution in [-0.2, 0) is 28.5 Å². The van der Waals surface area contributed by atoms with Gasteiger partial charge in [0.1, 0.15) is 31.0 Å². The fraction of sp³-hybridized carbons (Fsp3) is 0.907. The topological polar surface area (TPSA) is 152 Å². The average Bonchev–Trinajstić information content (AvgIpc) is 3.15. The molecule has 0 amide bonds. The van der Waals surface area contributed by atoms with Crippen LogP contribution in [0.3, 0.4) is 0 Å². The second-order valence-electron chi connectivity index (χ2n) is 15.2. The normalized spacial score (nSPS) is 20.9. The standard InChI is InChI=1S/C43H80O10/c1-3-5-7-9-11-13-15-17-19-21-23-25-27-29-31-38(45)50-34-36(35-51-43-42(49)41(48)40(47)37(33-44)53-43)52-39(46)32-30-28-26-24-22-20-18-16-14-12-10-8-6-4-2/h16,18,36-37,40-44,47-49H,3-15,17,19-35H2,1-2H3/b18-16-. The number of hydrogen-bond donors (Lipinski definition) is 4. The molecule has 10 heteroatoms. The van der Waals surface area contributed by atoms with Gasteiger partial charge in [-0.05, 0) is 38.5 Å². The van der Waals surface area contributed by atoms with Gasteiger partial charge in [0.15, 0.2) is 12.4 Å². The number of unbranched alkanes of at least 4 members (excludes halogenated alkanes) is 23. The zero-order valence-corrected chi connectivity index (χ0v) is 33.8. The Morgan fingerprint density at radius 1 is 0.566 bits per heavy atom. The lowest BCUT2D eigenvalue weighted by molar-refractivity contribution is -0.305. The second kappa shape index (κ2) is 34.9. The van der Waals surface area contributed by atoms with E-state index in [2.05, 4.69) is 26.0 Å². The van der Waals surface area contributed by atoms with Gasteiger partial charge in [0.05, 0.1) is 13.2 Å². The number of rotatable bonds is 36. The van der Waals surface area contributed by atoms with Gasteiger partial charge in [-0.15, -0.1) is 0 Å². The van der Waals surface area contributed by atoms with Crippen LogP contribution < -0.4 is 0 Å². The summed E-state index contributed by atoms with van der Waals surface area (Å²) in [5, 5.41) is 40.0. The van der Waals surface area contributed by atoms with Crippen LogP contribution in [-0.4, -0.2) is 89.0 Å². The molecule has 1 rings (SSSR count). The molecule has 0 radical (unpaired) electrons. The van der Waals surface area contributed by atoms with E-state index in [0.717, 1.165) is 51.4 Å². The van der Waals surface area contributed by atoms with Crippen LogP contribution in [0.5, 0.6) is 0 Å². The van der Waals surface area contributed by atoms with E-state index in [1.54, 1.807) is 0 Å². The number of allylic oxidation sites excluding steroid dienone is 2. The molecule has 0 spiro atoms. The summed E-state index contributed by atoms with van der Waals surface area (Å²) < 4.78 is 22.1. The number of aliphatic hydroxyl groups is 4. The molecule has 0 bridgehead atoms. The Morgan fingerprint density at radius 3 is 1.47 bits per heavy atom. The third-order valence-electron chi connectivity index (χ3n) is 10.2. The lowest BCUT2D eigenvalue weighted by atomic mass is 9.99. The summed E-state index contributed by atoms with van der Waals surface area (Å²) in [6, 6.07) is 0. The van der Waals surface area contributed by atoms with Crippen molar-refractivity contribution in [1.82, 2.24) is 0 Å². The van der Waals surface area contributed by atoms with Crippen molar-refractivity contribution in [1.29, 1.82) is 0 Å². The Kier molecular flexibility index (Phi) is 32.6. The molecule has 1 aliphatic heterocycles. The first kappa shape index (κ1) is 49.5. The third kappa shape index (κ3) is 26.8. The van der Waals surface area contributed by atoms with E-state index >= 15 is 0 Å². The highest BCUT2D eigenvalue weighted by molar-refractivity contribution is 5.70. The van der Waals surface area contributed by atoms with Crippen molar-refractivity contribution in [2.45, 2.75) is 230 Å². The maximum Gasteiger partial charge on any atom is 0.306 e. The van der Waals surface area contributed by atoms with E-state index in [1.807, 2.05) is 0 Å². The SMILES string of the molecule is CCCCCCC/C=C\CCCCCCCC(=O)OC(COC(=O)CCCCCCCCCCCCCCCC)COC1OC(CO)C(O)C(O)C1O. The lowest BCUT2D eigenvalue weighted by Crippen LogP contribution is -2.59. The van der Waals surface area contributed by atoms with Crippen molar-refractivity contribution < 1.29 is 49.0 Å². The van der Waals surface area contributed by atoms with E-state index in [4.69, 9.17) is 18.9 Å². The highest BCUT2D eigenvalue weighted by atomic mass is 16.7. The molecule has 0 aromatic rings. The molecule has 4 N–H and O–H groups in total. The molecule has 6 unspecified atom stereocenters. The Hall–Kier alpha value is -1.56. The number of aliphatic hydroxyl groups excluding tert-OH is 4. The molecular weight excluding hydrogens is 676 g/mol. The van der Waals surface area contributed by atoms with Crippen LogP contribution in [0.2, 0.25) is 0 Å². The van der Waals surface area contributed by atoms with Crippen molar-refractivity contribution >= 4 is 11.9 Å². The summed E-state index contributed by atoms with van der Waals surface area (Å²) in [5.41, 5.74) is 0. The minimum Gasteiger partial charge on any atom is -0.462 e. The average molecular weight is 757 g/mol. The zero-order valence-electron chi connectivity index (χ0n) is 33.8. The van der Waals surface area contributed by atoms with Crippen molar-refractivity contribution in [3.8, 4) is 0 Å². The van der Waals surface area contributed by atoms with Crippen LogP contribution in [0.25, 0.3) is 0 Å². The molecule has 0 aromatic carbocycles. The van der Waals surface area contributed by atoms with E-state index in [-0.39, 0.29) is 32.0 Å². The summed E-state index contributed by atoms with van der Waals surface area (Å²) in [6.07, 6.45) is 27.8. The van der Waals surface area contributed by atoms with Gasteiger partial charge in [-0.3, -0.25) is 9.59 Å². The minimum atomic E-state index is -1.59. The highest BCUT2D eigenvalue weighted by Crippen LogP contribution is 2.23. The Labute approximate surface area is 322 Å². The second-order valence-corrected chi connectivity index (χ2v) is 15.2. The molecule has 1 heterocycles. The molecule has 10 nitrogen and oxygen atoms in total. The Bertz CT molecular complexity index is 881. The van der Waals surface area contributed by atoms with Crippen molar-refractivity contribution in [2.75, 3.05) is 19.8 Å². The van der Waals surface area contributed by atoms with E-state index < -0.39 is 49.4 Å². The Balaban J connectivity index is 2.35. The predicted molar refractivity (Wildman–Crippen MR) is 210 cm³/mol. The summed E-state index contributed by atoms with van der Waals surface area (Å²) in [4.78, 5) is 25.3. The number of hydrogen-bond acceptors (Lipinski definition) is 10. The monoisotopic (exact) mass is 757 g/mol. The van der Waals surface area contributed by atoms with Crippen molar-refractivity contribution in [2.24, 2.45) is 0 Å². The molecule has 1 aliphatic rings. The quantitative estimate of drug-likeness (QED) is 0.0277. The fourth-order valence-electron chi connectivity index (χ4n) is 6.65. The van der Waals surface area contributed by atoms with Crippen LogP contribution in [0, 0.1) is 0 Å². The van der Waals surface area contributed by atoms with Gasteiger partial charge >= 0.3 is 11.9 Å². The molecular formula is C43H80O10. The third-order valence-corrected chi connectivity index (χ3v) is 10.2. The first-order chi connectivity index (χ1) is 25.8. The van der Waals surface area contributed by atoms with Gasteiger partial charge in [0, 0.05) is 12.8 Å². The van der Waals surface area contributed by atoms with E-state index in [9.17, 15) is 30.0 Å². The van der Waals surface area contributed by atoms with Gasteiger partial charge in [0.2, 0.25) is 0 Å². The number of carbonyl (C=O) groups is 2. The number of esters is 2. The first-order valence-electron chi connectivity index (χ1n) is 21.8. The lowest BCUT2D eigenvalue weighted by Gasteiger charge is -2.39. The zero-order chi connectivity index (χ0) is 38.8. The highest BCUT2D eigenvalue weighted by Gasteiger charge is 2.44. The molecule has 53 heavy (non-hydrogen) atoms. The Morgan fingerprint density at radius 2 is 1.00 bits per heavy atom. The maximum atomic E-state index is 12.7. The summed E-state index contributed by atoms with van der Waals surface area (Å²) in [7, 11) is 0. The molecule has 0 saturated carbocycles. The summed E-state index contributed by atoms with van der Waals surface area (Å²) >= 11 is 0. The predicted octanol–water partition coefficient (Wildman–Crippen LogP) is 8.78. The maximum absolute atomic E-state index is 12.7. The van der Waals surface area contributed by atoms with Gasteiger partial charge < -0.3 is 39.4 Å². The van der Waals surface area contributed by atoms with Gasteiger partial charge in [0.25, 0.3) is 0 Å². The van der Waals surface area contributed by atoms with Crippen LogP contribution in [0.1, 0.15) is 194 Å². The van der Waals surface area contributed by atoms with Crippen LogP contribution >= 0.6 is 0 Å². The molecule has 1 fully saturated rings. The number of carbonyl (C=O) groups excluding carboxylic acids is 2. The first-order valence-corrected chi connectivity index (χ1v) is 21.8. The van der Waals surface area contributed by atoms with Crippen LogP contribution in [0.15, 0.2) is 12.2 Å². The van der Waals surface area contributed by atoms with E-state index in [1.165, 1.54) is 109 Å².